The smallest absolute Gasteiger partial charge is 0.0468 e. The minimum absolute atomic E-state index is 0.335. The molecule has 0 bridgehead atoms. The highest BCUT2D eigenvalue weighted by Gasteiger charge is 2.41. The van der Waals surface area contributed by atoms with E-state index in [2.05, 4.69) is 267 Å². The molecule has 0 fully saturated rings. The van der Waals surface area contributed by atoms with Crippen molar-refractivity contribution >= 4 is 38.6 Å². The van der Waals surface area contributed by atoms with Gasteiger partial charge in [-0.1, -0.05) is 218 Å². The van der Waals surface area contributed by atoms with Crippen LogP contribution in [0.25, 0.3) is 77.2 Å². The normalized spacial score (nSPS) is 14.0. The fraction of sp³-hybridized carbons (Fsp3) is 0.0312. The van der Waals surface area contributed by atoms with Crippen molar-refractivity contribution in [2.75, 3.05) is 4.90 Å². The lowest BCUT2D eigenvalue weighted by Crippen LogP contribution is -2.22. The zero-order valence-corrected chi connectivity index (χ0v) is 36.2. The monoisotopic (exact) mass is 827 g/mol. The molecular formula is C64H45N. The molecule has 1 nitrogen and oxygen atoms in total. The van der Waals surface area contributed by atoms with Crippen molar-refractivity contribution in [2.45, 2.75) is 12.3 Å². The van der Waals surface area contributed by atoms with Crippen LogP contribution in [0.2, 0.25) is 0 Å². The van der Waals surface area contributed by atoms with E-state index in [9.17, 15) is 0 Å². The Kier molecular flexibility index (Phi) is 9.35. The van der Waals surface area contributed by atoms with Gasteiger partial charge in [0.15, 0.2) is 0 Å². The summed E-state index contributed by atoms with van der Waals surface area (Å²) in [4.78, 5) is 2.46. The van der Waals surface area contributed by atoms with Crippen LogP contribution in [0, 0.1) is 0 Å². The van der Waals surface area contributed by atoms with Gasteiger partial charge >= 0.3 is 0 Å². The molecule has 1 heteroatoms. The molecule has 0 spiro atoms. The third-order valence-electron chi connectivity index (χ3n) is 13.8. The van der Waals surface area contributed by atoms with E-state index in [0.29, 0.717) is 0 Å². The van der Waals surface area contributed by atoms with E-state index in [4.69, 9.17) is 0 Å². The van der Waals surface area contributed by atoms with Gasteiger partial charge in [0.2, 0.25) is 0 Å². The first kappa shape index (κ1) is 38.4. The van der Waals surface area contributed by atoms with Gasteiger partial charge in [-0.15, -0.1) is 0 Å². The highest BCUT2D eigenvalue weighted by molar-refractivity contribution is 6.22. The summed E-state index contributed by atoms with van der Waals surface area (Å²) in [5, 5.41) is 4.95. The third-order valence-corrected chi connectivity index (χ3v) is 13.8. The van der Waals surface area contributed by atoms with Crippen molar-refractivity contribution in [3.8, 4) is 55.6 Å². The van der Waals surface area contributed by atoms with Gasteiger partial charge in [-0.2, -0.15) is 0 Å². The molecule has 0 N–H and O–H groups in total. The van der Waals surface area contributed by atoms with Gasteiger partial charge in [0, 0.05) is 22.5 Å². The molecule has 0 aromatic heterocycles. The summed E-state index contributed by atoms with van der Waals surface area (Å²) in [6, 6.07) is 93.6. The third kappa shape index (κ3) is 6.47. The molecule has 1 aliphatic rings. The summed E-state index contributed by atoms with van der Waals surface area (Å²) in [6.45, 7) is 2.40. The molecule has 1 atom stereocenters. The Hall–Kier alpha value is -8.26. The molecule has 0 saturated heterocycles. The fourth-order valence-electron chi connectivity index (χ4n) is 10.6. The molecule has 65 heavy (non-hydrogen) atoms. The summed E-state index contributed by atoms with van der Waals surface area (Å²) in [5.74, 6) is 0. The van der Waals surface area contributed by atoms with Gasteiger partial charge in [0.25, 0.3) is 0 Å². The molecule has 0 amide bonds. The van der Waals surface area contributed by atoms with Crippen LogP contribution in [-0.4, -0.2) is 0 Å². The van der Waals surface area contributed by atoms with E-state index in [1.54, 1.807) is 0 Å². The Bertz CT molecular complexity index is 3500. The van der Waals surface area contributed by atoms with Gasteiger partial charge in [0.05, 0.1) is 0 Å². The van der Waals surface area contributed by atoms with Gasteiger partial charge < -0.3 is 4.90 Å². The second-order valence-electron chi connectivity index (χ2n) is 17.3. The first-order valence-electron chi connectivity index (χ1n) is 22.6. The number of benzene rings is 11. The van der Waals surface area contributed by atoms with Crippen LogP contribution in [0.4, 0.5) is 17.1 Å². The van der Waals surface area contributed by atoms with Crippen molar-refractivity contribution in [3.63, 3.8) is 0 Å². The average Bonchev–Trinajstić information content (AvgIpc) is 3.65. The number of fused-ring (bicyclic) bond motifs is 6. The Morgan fingerprint density at radius 1 is 0.277 bits per heavy atom. The molecule has 12 rings (SSSR count). The fourth-order valence-corrected chi connectivity index (χ4v) is 10.6. The van der Waals surface area contributed by atoms with E-state index >= 15 is 0 Å². The van der Waals surface area contributed by atoms with Crippen molar-refractivity contribution in [3.05, 3.63) is 271 Å². The molecule has 0 heterocycles. The second-order valence-corrected chi connectivity index (χ2v) is 17.3. The van der Waals surface area contributed by atoms with E-state index in [0.717, 1.165) is 17.1 Å². The topological polar surface area (TPSA) is 3.24 Å². The van der Waals surface area contributed by atoms with Crippen LogP contribution in [0.5, 0.6) is 0 Å². The maximum absolute atomic E-state index is 2.46. The van der Waals surface area contributed by atoms with E-state index < -0.39 is 0 Å². The molecule has 1 aliphatic carbocycles. The molecule has 1 unspecified atom stereocenters. The minimum atomic E-state index is -0.335. The van der Waals surface area contributed by atoms with Crippen LogP contribution in [0.15, 0.2) is 255 Å². The number of rotatable bonds is 8. The standard InChI is InChI=1S/C64H45N/c1-64(50-24-12-5-13-25-50)60-29-17-16-27-56(60)57-41-39-53(43-61(57)64)65(51-36-34-47(35-37-51)46-32-30-45(31-33-46)44-18-6-2-7-19-44)52-38-40-55-54-26-14-15-28-58(54)62(48-20-8-3-9-21-48)63(59(55)42-52)49-22-10-4-11-23-49/h2-43H,1H3. The summed E-state index contributed by atoms with van der Waals surface area (Å²) >= 11 is 0. The van der Waals surface area contributed by atoms with Gasteiger partial charge in [-0.3, -0.25) is 0 Å². The Morgan fingerprint density at radius 2 is 0.692 bits per heavy atom. The first-order chi connectivity index (χ1) is 32.1. The zero-order valence-electron chi connectivity index (χ0n) is 36.2. The predicted octanol–water partition coefficient (Wildman–Crippen LogP) is 17.5. The number of anilines is 3. The lowest BCUT2D eigenvalue weighted by Gasteiger charge is -2.31. The van der Waals surface area contributed by atoms with Crippen molar-refractivity contribution in [1.29, 1.82) is 0 Å². The van der Waals surface area contributed by atoms with Crippen LogP contribution >= 0.6 is 0 Å². The maximum atomic E-state index is 2.46. The molecule has 0 radical (unpaired) electrons. The minimum Gasteiger partial charge on any atom is -0.310 e. The number of nitrogens with zero attached hydrogens (tertiary/aromatic N) is 1. The number of hydrogen-bond acceptors (Lipinski definition) is 1. The lowest BCUT2D eigenvalue weighted by atomic mass is 9.74. The summed E-state index contributed by atoms with van der Waals surface area (Å²) in [6.07, 6.45) is 0. The highest BCUT2D eigenvalue weighted by Crippen LogP contribution is 2.54. The molecular weight excluding hydrogens is 783 g/mol. The summed E-state index contributed by atoms with van der Waals surface area (Å²) < 4.78 is 0. The molecule has 0 saturated carbocycles. The van der Waals surface area contributed by atoms with Crippen LogP contribution < -0.4 is 4.90 Å². The van der Waals surface area contributed by atoms with Gasteiger partial charge in [-0.05, 0) is 137 Å². The van der Waals surface area contributed by atoms with Crippen LogP contribution in [-0.2, 0) is 5.41 Å². The van der Waals surface area contributed by atoms with E-state index in [1.807, 2.05) is 0 Å². The predicted molar refractivity (Wildman–Crippen MR) is 275 cm³/mol. The quantitative estimate of drug-likeness (QED) is 0.138. The Balaban J connectivity index is 1.08. The summed E-state index contributed by atoms with van der Waals surface area (Å²) in [7, 11) is 0. The van der Waals surface area contributed by atoms with E-state index in [-0.39, 0.29) is 5.41 Å². The SMILES string of the molecule is CC1(c2ccccc2)c2ccccc2-c2ccc(N(c3ccc(-c4ccc(-c5ccccc5)cc4)cc3)c3ccc4c(c3)c(-c3ccccc3)c(-c3ccccc3)c3ccccc34)cc21. The van der Waals surface area contributed by atoms with Crippen LogP contribution in [0.1, 0.15) is 23.6 Å². The average molecular weight is 828 g/mol. The molecule has 11 aromatic rings. The first-order valence-corrected chi connectivity index (χ1v) is 22.6. The highest BCUT2D eigenvalue weighted by atomic mass is 15.1. The van der Waals surface area contributed by atoms with E-state index in [1.165, 1.54) is 93.9 Å². The van der Waals surface area contributed by atoms with Crippen molar-refractivity contribution < 1.29 is 0 Å². The molecule has 11 aromatic carbocycles. The lowest BCUT2D eigenvalue weighted by molar-refractivity contribution is 0.714. The molecule has 306 valence electrons. The van der Waals surface area contributed by atoms with Gasteiger partial charge in [-0.25, -0.2) is 0 Å². The van der Waals surface area contributed by atoms with Crippen molar-refractivity contribution in [1.82, 2.24) is 0 Å². The largest absolute Gasteiger partial charge is 0.310 e. The Labute approximate surface area is 381 Å². The Morgan fingerprint density at radius 3 is 1.32 bits per heavy atom. The molecule has 0 aliphatic heterocycles. The maximum Gasteiger partial charge on any atom is 0.0468 e. The van der Waals surface area contributed by atoms with Crippen molar-refractivity contribution in [2.24, 2.45) is 0 Å². The summed E-state index contributed by atoms with van der Waals surface area (Å²) in [5.41, 5.74) is 19.2. The van der Waals surface area contributed by atoms with Crippen LogP contribution in [0.3, 0.4) is 0 Å². The number of hydrogen-bond donors (Lipinski definition) is 0. The second kappa shape index (κ2) is 15.8. The van der Waals surface area contributed by atoms with Gasteiger partial charge in [0.1, 0.15) is 0 Å². The zero-order chi connectivity index (χ0) is 43.3.